The predicted molar refractivity (Wildman–Crippen MR) is 80.7 cm³/mol. The van der Waals surface area contributed by atoms with Crippen LogP contribution >= 0.6 is 0 Å². The van der Waals surface area contributed by atoms with Crippen molar-refractivity contribution < 1.29 is 9.59 Å². The van der Waals surface area contributed by atoms with Gasteiger partial charge in [0, 0.05) is 24.2 Å². The van der Waals surface area contributed by atoms with E-state index in [4.69, 9.17) is 5.73 Å². The largest absolute Gasteiger partial charge is 0.352 e. The van der Waals surface area contributed by atoms with Crippen LogP contribution in [-0.2, 0) is 4.79 Å². The van der Waals surface area contributed by atoms with Crippen molar-refractivity contribution in [3.05, 3.63) is 29.3 Å². The predicted octanol–water partition coefficient (Wildman–Crippen LogP) is 1.67. The number of nitrogens with two attached hydrogens (primary N) is 1. The number of benzene rings is 1. The summed E-state index contributed by atoms with van der Waals surface area (Å²) < 4.78 is 0. The summed E-state index contributed by atoms with van der Waals surface area (Å²) in [5, 5.41) is 5.57. The first-order valence-electron chi connectivity index (χ1n) is 6.86. The summed E-state index contributed by atoms with van der Waals surface area (Å²) in [6, 6.07) is 5.27. The summed E-state index contributed by atoms with van der Waals surface area (Å²) in [5.74, 6) is -0.0840. The molecule has 4 N–H and O–H groups in total. The number of rotatable bonds is 6. The molecule has 2 amide bonds. The molecule has 0 fully saturated rings. The second-order valence-corrected chi connectivity index (χ2v) is 4.98. The number of amides is 2. The molecule has 5 heteroatoms. The molecule has 0 aromatic heterocycles. The van der Waals surface area contributed by atoms with E-state index >= 15 is 0 Å². The van der Waals surface area contributed by atoms with Crippen LogP contribution in [0.3, 0.4) is 0 Å². The highest BCUT2D eigenvalue weighted by Crippen LogP contribution is 2.17. The van der Waals surface area contributed by atoms with Gasteiger partial charge in [-0.1, -0.05) is 13.0 Å². The molecule has 0 spiro atoms. The molecule has 0 radical (unpaired) electrons. The molecule has 1 rings (SSSR count). The zero-order chi connectivity index (χ0) is 15.1. The number of aryl methyl sites for hydroxylation is 1. The normalized spacial score (nSPS) is 11.8. The summed E-state index contributed by atoms with van der Waals surface area (Å²) in [6.45, 7) is 6.73. The van der Waals surface area contributed by atoms with E-state index in [1.165, 1.54) is 0 Å². The molecule has 0 saturated heterocycles. The van der Waals surface area contributed by atoms with E-state index in [1.807, 2.05) is 26.8 Å². The van der Waals surface area contributed by atoms with E-state index in [1.54, 1.807) is 12.1 Å². The number of carbonyl (C=O) groups excluding carboxylic acids is 2. The monoisotopic (exact) mass is 277 g/mol. The Bertz CT molecular complexity index is 486. The van der Waals surface area contributed by atoms with Gasteiger partial charge in [-0.05, 0) is 44.0 Å². The van der Waals surface area contributed by atoms with Gasteiger partial charge in [-0.2, -0.15) is 0 Å². The summed E-state index contributed by atoms with van der Waals surface area (Å²) in [6.07, 6.45) is 0.376. The molecule has 1 aromatic rings. The number of nitrogens with one attached hydrogen (secondary N) is 2. The molecule has 20 heavy (non-hydrogen) atoms. The van der Waals surface area contributed by atoms with Gasteiger partial charge in [-0.25, -0.2) is 0 Å². The SMILES string of the molecule is CCNC(=O)c1ccc(C)c(NC(=O)CC(C)CN)c1. The molecule has 0 aliphatic rings. The van der Waals surface area contributed by atoms with E-state index in [0.717, 1.165) is 5.56 Å². The molecule has 0 bridgehead atoms. The second-order valence-electron chi connectivity index (χ2n) is 4.98. The molecule has 1 aromatic carbocycles. The smallest absolute Gasteiger partial charge is 0.251 e. The Kier molecular flexibility index (Phi) is 6.18. The van der Waals surface area contributed by atoms with Crippen LogP contribution in [0.4, 0.5) is 5.69 Å². The fourth-order valence-electron chi connectivity index (χ4n) is 1.76. The van der Waals surface area contributed by atoms with E-state index in [0.29, 0.717) is 30.8 Å². The van der Waals surface area contributed by atoms with Crippen LogP contribution in [0.25, 0.3) is 0 Å². The molecule has 0 aliphatic carbocycles. The summed E-state index contributed by atoms with van der Waals surface area (Å²) in [5.41, 5.74) is 7.64. The van der Waals surface area contributed by atoms with Crippen LogP contribution in [0.5, 0.6) is 0 Å². The highest BCUT2D eigenvalue weighted by atomic mass is 16.2. The van der Waals surface area contributed by atoms with Crippen molar-refractivity contribution in [1.29, 1.82) is 0 Å². The molecule has 110 valence electrons. The average molecular weight is 277 g/mol. The first-order valence-corrected chi connectivity index (χ1v) is 6.86. The second kappa shape index (κ2) is 7.65. The fourth-order valence-corrected chi connectivity index (χ4v) is 1.76. The third-order valence-electron chi connectivity index (χ3n) is 3.05. The quantitative estimate of drug-likeness (QED) is 0.739. The molecule has 1 atom stereocenters. The Morgan fingerprint density at radius 1 is 1.35 bits per heavy atom. The first kappa shape index (κ1) is 16.2. The van der Waals surface area contributed by atoms with Crippen molar-refractivity contribution in [2.45, 2.75) is 27.2 Å². The van der Waals surface area contributed by atoms with Crippen LogP contribution in [0.2, 0.25) is 0 Å². The Morgan fingerprint density at radius 3 is 2.65 bits per heavy atom. The lowest BCUT2D eigenvalue weighted by atomic mass is 10.1. The maximum atomic E-state index is 11.9. The minimum Gasteiger partial charge on any atom is -0.352 e. The molecular weight excluding hydrogens is 254 g/mol. The first-order chi connectivity index (χ1) is 9.47. The van der Waals surface area contributed by atoms with E-state index in [2.05, 4.69) is 10.6 Å². The highest BCUT2D eigenvalue weighted by molar-refractivity contribution is 5.97. The van der Waals surface area contributed by atoms with Gasteiger partial charge in [-0.15, -0.1) is 0 Å². The third-order valence-corrected chi connectivity index (χ3v) is 3.05. The van der Waals surface area contributed by atoms with Crippen LogP contribution in [-0.4, -0.2) is 24.9 Å². The molecule has 1 unspecified atom stereocenters. The van der Waals surface area contributed by atoms with Crippen molar-refractivity contribution in [2.75, 3.05) is 18.4 Å². The minimum atomic E-state index is -0.140. The number of hydrogen-bond donors (Lipinski definition) is 3. The number of carbonyl (C=O) groups is 2. The Morgan fingerprint density at radius 2 is 2.05 bits per heavy atom. The van der Waals surface area contributed by atoms with Crippen molar-refractivity contribution in [3.8, 4) is 0 Å². The third kappa shape index (κ3) is 4.66. The Labute approximate surface area is 119 Å². The van der Waals surface area contributed by atoms with Gasteiger partial charge in [0.15, 0.2) is 0 Å². The number of anilines is 1. The lowest BCUT2D eigenvalue weighted by molar-refractivity contribution is -0.116. The molecule has 0 heterocycles. The number of hydrogen-bond acceptors (Lipinski definition) is 3. The zero-order valence-corrected chi connectivity index (χ0v) is 12.3. The Balaban J connectivity index is 2.81. The van der Waals surface area contributed by atoms with Gasteiger partial charge in [0.2, 0.25) is 5.91 Å². The van der Waals surface area contributed by atoms with Crippen LogP contribution in [0.1, 0.15) is 36.2 Å². The maximum Gasteiger partial charge on any atom is 0.251 e. The van der Waals surface area contributed by atoms with Gasteiger partial charge in [0.05, 0.1) is 0 Å². The van der Waals surface area contributed by atoms with Crippen molar-refractivity contribution >= 4 is 17.5 Å². The topological polar surface area (TPSA) is 84.2 Å². The van der Waals surface area contributed by atoms with Crippen molar-refractivity contribution in [1.82, 2.24) is 5.32 Å². The maximum absolute atomic E-state index is 11.9. The minimum absolute atomic E-state index is 0.0842. The summed E-state index contributed by atoms with van der Waals surface area (Å²) >= 11 is 0. The standard InChI is InChI=1S/C15H23N3O2/c1-4-17-15(20)12-6-5-11(3)13(8-12)18-14(19)7-10(2)9-16/h5-6,8,10H,4,7,9,16H2,1-3H3,(H,17,20)(H,18,19). The van der Waals surface area contributed by atoms with Crippen LogP contribution in [0, 0.1) is 12.8 Å². The zero-order valence-electron chi connectivity index (χ0n) is 12.3. The average Bonchev–Trinajstić information content (AvgIpc) is 2.41. The lowest BCUT2D eigenvalue weighted by Crippen LogP contribution is -2.23. The van der Waals surface area contributed by atoms with E-state index in [9.17, 15) is 9.59 Å². The van der Waals surface area contributed by atoms with Crippen molar-refractivity contribution in [2.24, 2.45) is 11.7 Å². The van der Waals surface area contributed by atoms with Gasteiger partial charge in [0.25, 0.3) is 5.91 Å². The van der Waals surface area contributed by atoms with E-state index < -0.39 is 0 Å². The summed E-state index contributed by atoms with van der Waals surface area (Å²) in [7, 11) is 0. The summed E-state index contributed by atoms with van der Waals surface area (Å²) in [4.78, 5) is 23.7. The Hall–Kier alpha value is -1.88. The van der Waals surface area contributed by atoms with Crippen molar-refractivity contribution in [3.63, 3.8) is 0 Å². The fraction of sp³-hybridized carbons (Fsp3) is 0.467. The molecule has 0 saturated carbocycles. The van der Waals surface area contributed by atoms with Crippen LogP contribution in [0.15, 0.2) is 18.2 Å². The van der Waals surface area contributed by atoms with Gasteiger partial charge in [0.1, 0.15) is 0 Å². The van der Waals surface area contributed by atoms with Crippen LogP contribution < -0.4 is 16.4 Å². The van der Waals surface area contributed by atoms with Gasteiger partial charge in [-0.3, -0.25) is 9.59 Å². The molecule has 5 nitrogen and oxygen atoms in total. The molecular formula is C15H23N3O2. The van der Waals surface area contributed by atoms with Gasteiger partial charge < -0.3 is 16.4 Å². The molecule has 0 aliphatic heterocycles. The van der Waals surface area contributed by atoms with E-state index in [-0.39, 0.29) is 17.7 Å². The highest BCUT2D eigenvalue weighted by Gasteiger charge is 2.11. The van der Waals surface area contributed by atoms with Gasteiger partial charge >= 0.3 is 0 Å². The lowest BCUT2D eigenvalue weighted by Gasteiger charge is -2.12.